The number of aliphatic hydroxyl groups is 1. The number of benzene rings is 1. The van der Waals surface area contributed by atoms with Crippen LogP contribution < -0.4 is 0 Å². The molecule has 5 heteroatoms. The van der Waals surface area contributed by atoms with Gasteiger partial charge in [-0.25, -0.2) is 0 Å². The van der Waals surface area contributed by atoms with Crippen LogP contribution in [-0.2, 0) is 21.0 Å². The summed E-state index contributed by atoms with van der Waals surface area (Å²) in [6.07, 6.45) is 2.27. The van der Waals surface area contributed by atoms with E-state index in [0.717, 1.165) is 0 Å². The third kappa shape index (κ3) is 3.95. The average Bonchev–Trinajstić information content (AvgIpc) is 2.37. The fourth-order valence-electron chi connectivity index (χ4n) is 1.30. The molecule has 0 radical (unpaired) electrons. The number of rotatable bonds is 6. The van der Waals surface area contributed by atoms with E-state index in [1.165, 1.54) is 24.3 Å². The van der Waals surface area contributed by atoms with Gasteiger partial charge in [-0.3, -0.25) is 14.4 Å². The number of carbonyl (C=O) groups excluding carboxylic acids is 3. The smallest absolute Gasteiger partial charge is 0.202 e. The van der Waals surface area contributed by atoms with Crippen molar-refractivity contribution in [3.63, 3.8) is 0 Å². The lowest BCUT2D eigenvalue weighted by Crippen LogP contribution is -2.05. The van der Waals surface area contributed by atoms with Crippen LogP contribution in [0.1, 0.15) is 17.5 Å². The van der Waals surface area contributed by atoms with E-state index in [9.17, 15) is 19.5 Å². The largest absolute Gasteiger partial charge is 0.508 e. The molecule has 1 rings (SSSR count). The van der Waals surface area contributed by atoms with E-state index < -0.39 is 18.0 Å². The average molecular weight is 248 g/mol. The standard InChI is InChI=1S/C13H12O5/c14-7-10-5-9(2-4-13(10)18)1-3-11(16)6-12(17)8-15/h1-5,8,14,18H,6-7H2/b3-1+. The Kier molecular flexibility index (Phi) is 4.95. The summed E-state index contributed by atoms with van der Waals surface area (Å²) >= 11 is 0. The predicted octanol–water partition coefficient (Wildman–Crippen LogP) is 0.625. The molecular formula is C13H12O5. The van der Waals surface area contributed by atoms with Crippen LogP contribution in [0.15, 0.2) is 24.3 Å². The first kappa shape index (κ1) is 13.8. The molecular weight excluding hydrogens is 236 g/mol. The normalized spacial score (nSPS) is 10.5. The number of hydrogen-bond acceptors (Lipinski definition) is 5. The predicted molar refractivity (Wildman–Crippen MR) is 63.8 cm³/mol. The Morgan fingerprint density at radius 2 is 1.94 bits per heavy atom. The zero-order chi connectivity index (χ0) is 13.5. The molecule has 0 bridgehead atoms. The summed E-state index contributed by atoms with van der Waals surface area (Å²) in [5.74, 6) is -1.28. The second kappa shape index (κ2) is 6.46. The summed E-state index contributed by atoms with van der Waals surface area (Å²) in [6, 6.07) is 4.47. The Morgan fingerprint density at radius 3 is 2.56 bits per heavy atom. The van der Waals surface area contributed by atoms with Crippen molar-refractivity contribution in [1.29, 1.82) is 0 Å². The third-order valence-electron chi connectivity index (χ3n) is 2.22. The highest BCUT2D eigenvalue weighted by molar-refractivity contribution is 6.30. The van der Waals surface area contributed by atoms with Crippen LogP contribution in [0, 0.1) is 0 Å². The van der Waals surface area contributed by atoms with Crippen LogP contribution in [0.3, 0.4) is 0 Å². The summed E-state index contributed by atoms with van der Waals surface area (Å²) in [5, 5.41) is 18.3. The molecule has 0 saturated carbocycles. The Hall–Kier alpha value is -2.27. The number of aliphatic hydroxyl groups excluding tert-OH is 1. The molecule has 5 nitrogen and oxygen atoms in total. The zero-order valence-electron chi connectivity index (χ0n) is 9.50. The number of ketones is 2. The number of allylic oxidation sites excluding steroid dienone is 1. The molecule has 0 heterocycles. The molecule has 1 aromatic carbocycles. The summed E-state index contributed by atoms with van der Waals surface area (Å²) in [4.78, 5) is 32.0. The van der Waals surface area contributed by atoms with Gasteiger partial charge >= 0.3 is 0 Å². The Labute approximate surface area is 103 Å². The van der Waals surface area contributed by atoms with Gasteiger partial charge < -0.3 is 10.2 Å². The number of Topliss-reactive ketones (excluding diaryl/α,β-unsaturated/α-hetero) is 1. The van der Waals surface area contributed by atoms with Crippen LogP contribution in [0.5, 0.6) is 5.75 Å². The molecule has 18 heavy (non-hydrogen) atoms. The Bertz CT molecular complexity index is 502. The van der Waals surface area contributed by atoms with Crippen LogP contribution in [0.4, 0.5) is 0 Å². The van der Waals surface area contributed by atoms with E-state index >= 15 is 0 Å². The summed E-state index contributed by atoms with van der Waals surface area (Å²) in [6.45, 7) is -0.314. The Morgan fingerprint density at radius 1 is 1.22 bits per heavy atom. The first-order valence-corrected chi connectivity index (χ1v) is 5.18. The third-order valence-corrected chi connectivity index (χ3v) is 2.22. The van der Waals surface area contributed by atoms with Crippen LogP contribution in [0.25, 0.3) is 6.08 Å². The quantitative estimate of drug-likeness (QED) is 0.333. The van der Waals surface area contributed by atoms with E-state index in [2.05, 4.69) is 0 Å². The lowest BCUT2D eigenvalue weighted by atomic mass is 10.1. The molecule has 2 N–H and O–H groups in total. The highest BCUT2D eigenvalue weighted by atomic mass is 16.3. The van der Waals surface area contributed by atoms with E-state index in [-0.39, 0.29) is 18.6 Å². The van der Waals surface area contributed by atoms with Crippen molar-refractivity contribution >= 4 is 23.9 Å². The fraction of sp³-hybridized carbons (Fsp3) is 0.154. The molecule has 94 valence electrons. The SMILES string of the molecule is O=CC(=O)CC(=O)/C=C/c1ccc(O)c(CO)c1. The maximum absolute atomic E-state index is 11.2. The van der Waals surface area contributed by atoms with Gasteiger partial charge in [-0.05, 0) is 23.8 Å². The van der Waals surface area contributed by atoms with Crippen molar-refractivity contribution in [2.24, 2.45) is 0 Å². The topological polar surface area (TPSA) is 91.7 Å². The molecule has 0 saturated heterocycles. The highest BCUT2D eigenvalue weighted by Crippen LogP contribution is 2.19. The van der Waals surface area contributed by atoms with Crippen LogP contribution >= 0.6 is 0 Å². The van der Waals surface area contributed by atoms with Gasteiger partial charge in [-0.1, -0.05) is 12.1 Å². The van der Waals surface area contributed by atoms with Gasteiger partial charge in [-0.15, -0.1) is 0 Å². The van der Waals surface area contributed by atoms with E-state index in [0.29, 0.717) is 11.1 Å². The lowest BCUT2D eigenvalue weighted by molar-refractivity contribution is -0.132. The van der Waals surface area contributed by atoms with Gasteiger partial charge in [0.05, 0.1) is 13.0 Å². The maximum atomic E-state index is 11.2. The second-order valence-corrected chi connectivity index (χ2v) is 3.61. The molecule has 0 spiro atoms. The maximum Gasteiger partial charge on any atom is 0.202 e. The van der Waals surface area contributed by atoms with Gasteiger partial charge in [0.25, 0.3) is 0 Å². The van der Waals surface area contributed by atoms with Gasteiger partial charge in [0, 0.05) is 5.56 Å². The monoisotopic (exact) mass is 248 g/mol. The lowest BCUT2D eigenvalue weighted by Gasteiger charge is -2.01. The fourth-order valence-corrected chi connectivity index (χ4v) is 1.30. The van der Waals surface area contributed by atoms with Crippen LogP contribution in [0.2, 0.25) is 0 Å². The van der Waals surface area contributed by atoms with E-state index in [1.54, 1.807) is 6.07 Å². The first-order chi connectivity index (χ1) is 8.56. The number of phenols is 1. The molecule has 0 aromatic heterocycles. The van der Waals surface area contributed by atoms with Crippen molar-refractivity contribution in [3.8, 4) is 5.75 Å². The van der Waals surface area contributed by atoms with Crippen LogP contribution in [-0.4, -0.2) is 28.1 Å². The second-order valence-electron chi connectivity index (χ2n) is 3.61. The molecule has 0 aliphatic heterocycles. The number of aromatic hydroxyl groups is 1. The number of aldehydes is 1. The first-order valence-electron chi connectivity index (χ1n) is 5.18. The minimum absolute atomic E-state index is 0.0305. The summed E-state index contributed by atoms with van der Waals surface area (Å²) in [7, 11) is 0. The number of hydrogen-bond donors (Lipinski definition) is 2. The molecule has 0 unspecified atom stereocenters. The molecule has 0 aliphatic carbocycles. The molecule has 0 amide bonds. The van der Waals surface area contributed by atoms with Gasteiger partial charge in [-0.2, -0.15) is 0 Å². The molecule has 0 atom stereocenters. The summed E-state index contributed by atoms with van der Waals surface area (Å²) < 4.78 is 0. The summed E-state index contributed by atoms with van der Waals surface area (Å²) in [5.41, 5.74) is 0.942. The molecule has 0 fully saturated rings. The van der Waals surface area contributed by atoms with E-state index in [1.807, 2.05) is 0 Å². The molecule has 1 aromatic rings. The minimum Gasteiger partial charge on any atom is -0.508 e. The van der Waals surface area contributed by atoms with E-state index in [4.69, 9.17) is 5.11 Å². The van der Waals surface area contributed by atoms with Gasteiger partial charge in [0.1, 0.15) is 5.75 Å². The minimum atomic E-state index is -0.772. The molecule has 0 aliphatic rings. The van der Waals surface area contributed by atoms with Crippen molar-refractivity contribution in [2.45, 2.75) is 13.0 Å². The zero-order valence-corrected chi connectivity index (χ0v) is 9.50. The van der Waals surface area contributed by atoms with Crippen molar-refractivity contribution in [3.05, 3.63) is 35.4 Å². The Balaban J connectivity index is 2.75. The van der Waals surface area contributed by atoms with Crippen molar-refractivity contribution in [2.75, 3.05) is 0 Å². The highest BCUT2D eigenvalue weighted by Gasteiger charge is 2.05. The van der Waals surface area contributed by atoms with Crippen molar-refractivity contribution < 1.29 is 24.6 Å². The van der Waals surface area contributed by atoms with Gasteiger partial charge in [0.2, 0.25) is 5.78 Å². The van der Waals surface area contributed by atoms with Gasteiger partial charge in [0.15, 0.2) is 12.1 Å². The van der Waals surface area contributed by atoms with Crippen molar-refractivity contribution in [1.82, 2.24) is 0 Å². The number of carbonyl (C=O) groups is 3.